The molecule has 5 aromatic rings. The minimum atomic E-state index is -0.438. The minimum Gasteiger partial charge on any atom is -0.490 e. The second-order valence-electron chi connectivity index (χ2n) is 9.73. The van der Waals surface area contributed by atoms with E-state index >= 15 is 0 Å². The van der Waals surface area contributed by atoms with Crippen molar-refractivity contribution < 1.29 is 18.7 Å². The lowest BCUT2D eigenvalue weighted by molar-refractivity contribution is -0.127. The monoisotopic (exact) mass is 586 g/mol. The fourth-order valence-electron chi connectivity index (χ4n) is 5.00. The number of thiophene rings is 1. The van der Waals surface area contributed by atoms with Crippen molar-refractivity contribution in [1.82, 2.24) is 29.2 Å². The molecular weight excluding hydrogens is 559 g/mol. The van der Waals surface area contributed by atoms with E-state index in [2.05, 4.69) is 6.58 Å². The van der Waals surface area contributed by atoms with Crippen molar-refractivity contribution >= 4 is 27.3 Å². The minimum absolute atomic E-state index is 0.136. The number of pyridine rings is 2. The van der Waals surface area contributed by atoms with Gasteiger partial charge >= 0.3 is 0 Å². The molecule has 0 saturated carbocycles. The highest BCUT2D eigenvalue weighted by Crippen LogP contribution is 2.45. The lowest BCUT2D eigenvalue weighted by atomic mass is 9.98. The Morgan fingerprint density at radius 1 is 1.14 bits per heavy atom. The zero-order chi connectivity index (χ0) is 29.4. The van der Waals surface area contributed by atoms with E-state index in [0.29, 0.717) is 59.6 Å². The number of ether oxygens (including phenoxy) is 2. The summed E-state index contributed by atoms with van der Waals surface area (Å²) in [7, 11) is 3.26. The van der Waals surface area contributed by atoms with Gasteiger partial charge in [-0.3, -0.25) is 9.59 Å². The van der Waals surface area contributed by atoms with Crippen LogP contribution in [0.1, 0.15) is 5.82 Å². The molecule has 6 rings (SSSR count). The van der Waals surface area contributed by atoms with Gasteiger partial charge in [0.1, 0.15) is 29.7 Å². The van der Waals surface area contributed by atoms with Crippen molar-refractivity contribution in [2.75, 3.05) is 26.9 Å². The number of fused-ring (bicyclic) bond motifs is 2. The third-order valence-electron chi connectivity index (χ3n) is 7.09. The first-order valence-corrected chi connectivity index (χ1v) is 14.1. The van der Waals surface area contributed by atoms with Gasteiger partial charge in [-0.2, -0.15) is 0 Å². The van der Waals surface area contributed by atoms with Gasteiger partial charge in [0.2, 0.25) is 17.3 Å². The largest absolute Gasteiger partial charge is 0.490 e. The van der Waals surface area contributed by atoms with Gasteiger partial charge in [-0.15, -0.1) is 16.4 Å². The van der Waals surface area contributed by atoms with E-state index in [1.165, 1.54) is 40.2 Å². The highest BCUT2D eigenvalue weighted by atomic mass is 32.1. The summed E-state index contributed by atoms with van der Waals surface area (Å²) in [6.45, 7) is 5.37. The predicted octanol–water partition coefficient (Wildman–Crippen LogP) is 4.28. The summed E-state index contributed by atoms with van der Waals surface area (Å²) in [6, 6.07) is 9.62. The van der Waals surface area contributed by atoms with Crippen LogP contribution in [0.25, 0.3) is 44.0 Å². The van der Waals surface area contributed by atoms with E-state index in [1.54, 1.807) is 42.1 Å². The molecule has 1 amide bonds. The molecule has 4 aromatic heterocycles. The average molecular weight is 587 g/mol. The molecule has 0 saturated heterocycles. The zero-order valence-corrected chi connectivity index (χ0v) is 23.9. The summed E-state index contributed by atoms with van der Waals surface area (Å²) in [5.74, 6) is 0.705. The Morgan fingerprint density at radius 3 is 2.79 bits per heavy atom. The van der Waals surface area contributed by atoms with Crippen LogP contribution >= 0.6 is 11.3 Å². The molecule has 5 heterocycles. The SMILES string of the molecule is C=CC(=O)N1CCn2nc(-c3nc(-c4ccc(=O)n(C)c4)c4ccsc4c3-c3ccc(F)cc3OCCOC)nc2C1. The third kappa shape index (κ3) is 4.99. The highest BCUT2D eigenvalue weighted by Gasteiger charge is 2.28. The molecule has 1 aromatic carbocycles. The predicted molar refractivity (Wildman–Crippen MR) is 158 cm³/mol. The number of carbonyl (C=O) groups excluding carboxylic acids is 1. The first kappa shape index (κ1) is 27.5. The summed E-state index contributed by atoms with van der Waals surface area (Å²) in [4.78, 5) is 36.1. The number of amides is 1. The molecule has 0 atom stereocenters. The van der Waals surface area contributed by atoms with Crippen molar-refractivity contribution in [3.8, 4) is 39.7 Å². The van der Waals surface area contributed by atoms with Crippen LogP contribution in [-0.2, 0) is 29.7 Å². The molecule has 214 valence electrons. The summed E-state index contributed by atoms with van der Waals surface area (Å²) < 4.78 is 29.8. The van der Waals surface area contributed by atoms with Crippen molar-refractivity contribution in [1.29, 1.82) is 0 Å². The Bertz CT molecular complexity index is 1890. The molecule has 1 aliphatic heterocycles. The quantitative estimate of drug-likeness (QED) is 0.198. The number of hydrogen-bond donors (Lipinski definition) is 0. The Balaban J connectivity index is 1.60. The molecular formula is C30H27FN6O4S. The number of halogens is 1. The Kier molecular flexibility index (Phi) is 7.40. The standard InChI is InChI=1S/C30H27FN6O4S/c1-4-24(38)36-10-11-37-23(17-36)32-30(34-37)28-26(20-7-6-19(31)15-22(20)41-13-12-40-3)29-21(9-14-42-29)27(33-28)18-5-8-25(39)35(2)16-18/h4-9,14-16H,1,10-13,17H2,2-3H3. The molecule has 12 heteroatoms. The van der Waals surface area contributed by atoms with Gasteiger partial charge in [0.15, 0.2) is 0 Å². The van der Waals surface area contributed by atoms with Gasteiger partial charge in [-0.1, -0.05) is 6.58 Å². The van der Waals surface area contributed by atoms with Crippen LogP contribution in [0, 0.1) is 5.82 Å². The molecule has 0 fully saturated rings. The molecule has 1 aliphatic rings. The average Bonchev–Trinajstić information content (AvgIpc) is 3.65. The Morgan fingerprint density at radius 2 is 2.00 bits per heavy atom. The Labute approximate surface area is 244 Å². The van der Waals surface area contributed by atoms with Crippen LogP contribution in [0.2, 0.25) is 0 Å². The maximum absolute atomic E-state index is 14.5. The van der Waals surface area contributed by atoms with E-state index in [1.807, 2.05) is 11.4 Å². The van der Waals surface area contributed by atoms with Crippen LogP contribution in [-0.4, -0.2) is 62.0 Å². The van der Waals surface area contributed by atoms with Crippen LogP contribution in [0.15, 0.2) is 65.4 Å². The number of benzene rings is 1. The number of carbonyl (C=O) groups is 1. The van der Waals surface area contributed by atoms with Gasteiger partial charge in [0, 0.05) is 65.8 Å². The second kappa shape index (κ2) is 11.3. The van der Waals surface area contributed by atoms with Gasteiger partial charge in [-0.05, 0) is 35.7 Å². The Hall–Kier alpha value is -4.68. The van der Waals surface area contributed by atoms with Crippen LogP contribution in [0.5, 0.6) is 5.75 Å². The maximum Gasteiger partial charge on any atom is 0.250 e. The van der Waals surface area contributed by atoms with E-state index in [0.717, 1.165) is 15.6 Å². The number of methoxy groups -OCH3 is 1. The first-order valence-electron chi connectivity index (χ1n) is 13.2. The van der Waals surface area contributed by atoms with E-state index < -0.39 is 5.82 Å². The lowest BCUT2D eigenvalue weighted by Crippen LogP contribution is -2.37. The lowest BCUT2D eigenvalue weighted by Gasteiger charge is -2.25. The fourth-order valence-corrected chi connectivity index (χ4v) is 5.96. The molecule has 0 N–H and O–H groups in total. The van der Waals surface area contributed by atoms with Crippen molar-refractivity contribution in [2.24, 2.45) is 7.05 Å². The fraction of sp³-hybridized carbons (Fsp3) is 0.233. The summed E-state index contributed by atoms with van der Waals surface area (Å²) in [5.41, 5.74) is 3.06. The number of hydrogen-bond acceptors (Lipinski definition) is 8. The van der Waals surface area contributed by atoms with Crippen LogP contribution in [0.4, 0.5) is 4.39 Å². The number of nitrogens with zero attached hydrogens (tertiary/aromatic N) is 6. The first-order chi connectivity index (χ1) is 20.4. The van der Waals surface area contributed by atoms with Gasteiger partial charge < -0.3 is 18.9 Å². The second-order valence-corrected chi connectivity index (χ2v) is 10.7. The summed E-state index contributed by atoms with van der Waals surface area (Å²) in [6.07, 6.45) is 3.03. The van der Waals surface area contributed by atoms with E-state index in [9.17, 15) is 14.0 Å². The number of rotatable bonds is 8. The molecule has 0 bridgehead atoms. The maximum atomic E-state index is 14.5. The van der Waals surface area contributed by atoms with Crippen molar-refractivity contribution in [3.63, 3.8) is 0 Å². The highest BCUT2D eigenvalue weighted by molar-refractivity contribution is 7.18. The number of aryl methyl sites for hydroxylation is 1. The molecule has 0 unspecified atom stereocenters. The summed E-state index contributed by atoms with van der Waals surface area (Å²) >= 11 is 1.51. The summed E-state index contributed by atoms with van der Waals surface area (Å²) in [5, 5.41) is 7.62. The van der Waals surface area contributed by atoms with E-state index in [-0.39, 0.29) is 24.6 Å². The van der Waals surface area contributed by atoms with Gasteiger partial charge in [-0.25, -0.2) is 19.0 Å². The topological polar surface area (TPSA) is 104 Å². The van der Waals surface area contributed by atoms with Crippen LogP contribution < -0.4 is 10.3 Å². The van der Waals surface area contributed by atoms with Gasteiger partial charge in [0.05, 0.1) is 25.4 Å². The molecule has 10 nitrogen and oxygen atoms in total. The van der Waals surface area contributed by atoms with Crippen LogP contribution in [0.3, 0.4) is 0 Å². The molecule has 0 aliphatic carbocycles. The smallest absolute Gasteiger partial charge is 0.250 e. The van der Waals surface area contributed by atoms with Gasteiger partial charge in [0.25, 0.3) is 0 Å². The number of aromatic nitrogens is 5. The zero-order valence-electron chi connectivity index (χ0n) is 23.0. The molecule has 0 radical (unpaired) electrons. The van der Waals surface area contributed by atoms with Crippen molar-refractivity contribution in [2.45, 2.75) is 13.1 Å². The molecule has 0 spiro atoms. The third-order valence-corrected chi connectivity index (χ3v) is 8.02. The normalized spacial score (nSPS) is 12.9. The van der Waals surface area contributed by atoms with Crippen molar-refractivity contribution in [3.05, 3.63) is 82.6 Å². The molecule has 42 heavy (non-hydrogen) atoms. The van der Waals surface area contributed by atoms with E-state index in [4.69, 9.17) is 24.5 Å².